The average Bonchev–Trinajstić information content (AvgIpc) is 2.91. The zero-order valence-electron chi connectivity index (χ0n) is 15.4. The second-order valence-electron chi connectivity index (χ2n) is 6.95. The molecule has 0 saturated carbocycles. The van der Waals surface area contributed by atoms with Crippen molar-refractivity contribution >= 4 is 17.5 Å². The second kappa shape index (κ2) is 7.60. The Bertz CT molecular complexity index is 825. The Morgan fingerprint density at radius 3 is 2.54 bits per heavy atom. The highest BCUT2D eigenvalue weighted by Crippen LogP contribution is 2.29. The minimum absolute atomic E-state index is 0.196. The molecule has 2 aromatic rings. The standard InChI is InChI=1S/C21H24N2O3/c1-13-6-14(2)8-18(7-13)23-21(25)11-20(24)22-12-16-4-5-19-17(10-16)9-15(3)26-19/h4-8,10,15H,9,11-12H2,1-3H3,(H,22,24)(H,23,25)/t15-/m1/s1. The number of amides is 2. The normalized spacial score (nSPS) is 15.1. The van der Waals surface area contributed by atoms with Gasteiger partial charge in [-0.25, -0.2) is 0 Å². The summed E-state index contributed by atoms with van der Waals surface area (Å²) < 4.78 is 5.67. The van der Waals surface area contributed by atoms with Gasteiger partial charge in [0.25, 0.3) is 0 Å². The SMILES string of the molecule is Cc1cc(C)cc(NC(=O)CC(=O)NCc2ccc3c(c2)C[C@@H](C)O3)c1. The third kappa shape index (κ3) is 4.63. The molecule has 1 aliphatic rings. The fraction of sp³-hybridized carbons (Fsp3) is 0.333. The summed E-state index contributed by atoms with van der Waals surface area (Å²) in [5.74, 6) is 0.307. The number of fused-ring (bicyclic) bond motifs is 1. The molecule has 136 valence electrons. The Hall–Kier alpha value is -2.82. The molecule has 26 heavy (non-hydrogen) atoms. The van der Waals surface area contributed by atoms with Gasteiger partial charge in [0.2, 0.25) is 11.8 Å². The van der Waals surface area contributed by atoms with Crippen LogP contribution in [0.2, 0.25) is 0 Å². The summed E-state index contributed by atoms with van der Waals surface area (Å²) in [4.78, 5) is 24.1. The van der Waals surface area contributed by atoms with E-state index in [4.69, 9.17) is 4.74 Å². The first-order valence-electron chi connectivity index (χ1n) is 8.82. The van der Waals surface area contributed by atoms with Crippen molar-refractivity contribution in [1.29, 1.82) is 0 Å². The molecular formula is C21H24N2O3. The van der Waals surface area contributed by atoms with Crippen LogP contribution in [0.1, 0.15) is 35.6 Å². The Kier molecular flexibility index (Phi) is 5.26. The van der Waals surface area contributed by atoms with Gasteiger partial charge in [0, 0.05) is 18.7 Å². The molecule has 2 aromatic carbocycles. The lowest BCUT2D eigenvalue weighted by molar-refractivity contribution is -0.126. The van der Waals surface area contributed by atoms with Crippen LogP contribution in [-0.4, -0.2) is 17.9 Å². The van der Waals surface area contributed by atoms with Gasteiger partial charge in [0.1, 0.15) is 18.3 Å². The summed E-state index contributed by atoms with van der Waals surface area (Å²) >= 11 is 0. The van der Waals surface area contributed by atoms with Crippen LogP contribution in [0, 0.1) is 13.8 Å². The second-order valence-corrected chi connectivity index (χ2v) is 6.95. The molecule has 0 aliphatic carbocycles. The number of ether oxygens (including phenoxy) is 1. The van der Waals surface area contributed by atoms with Crippen molar-refractivity contribution in [3.05, 3.63) is 58.7 Å². The van der Waals surface area contributed by atoms with Gasteiger partial charge >= 0.3 is 0 Å². The van der Waals surface area contributed by atoms with Gasteiger partial charge < -0.3 is 15.4 Å². The third-order valence-corrected chi connectivity index (χ3v) is 4.28. The predicted octanol–water partition coefficient (Wildman–Crippen LogP) is 3.27. The molecular weight excluding hydrogens is 328 g/mol. The lowest BCUT2D eigenvalue weighted by atomic mass is 10.1. The first-order valence-corrected chi connectivity index (χ1v) is 8.82. The summed E-state index contributed by atoms with van der Waals surface area (Å²) in [7, 11) is 0. The predicted molar refractivity (Wildman–Crippen MR) is 101 cm³/mol. The minimum atomic E-state index is -0.316. The van der Waals surface area contributed by atoms with Crippen molar-refractivity contribution in [1.82, 2.24) is 5.32 Å². The van der Waals surface area contributed by atoms with Crippen molar-refractivity contribution in [3.63, 3.8) is 0 Å². The molecule has 1 atom stereocenters. The van der Waals surface area contributed by atoms with E-state index in [0.717, 1.165) is 34.4 Å². The van der Waals surface area contributed by atoms with Crippen molar-refractivity contribution in [2.45, 2.75) is 46.3 Å². The summed E-state index contributed by atoms with van der Waals surface area (Å²) in [6.07, 6.45) is 0.886. The van der Waals surface area contributed by atoms with Crippen LogP contribution in [0.4, 0.5) is 5.69 Å². The molecule has 0 aromatic heterocycles. The van der Waals surface area contributed by atoms with Gasteiger partial charge in [-0.05, 0) is 61.2 Å². The summed E-state index contributed by atoms with van der Waals surface area (Å²) in [5, 5.41) is 5.58. The van der Waals surface area contributed by atoms with Crippen LogP contribution in [0.15, 0.2) is 36.4 Å². The third-order valence-electron chi connectivity index (χ3n) is 4.28. The van der Waals surface area contributed by atoms with Gasteiger partial charge in [-0.3, -0.25) is 9.59 Å². The molecule has 5 nitrogen and oxygen atoms in total. The quantitative estimate of drug-likeness (QED) is 0.812. The van der Waals surface area contributed by atoms with Crippen LogP contribution < -0.4 is 15.4 Å². The largest absolute Gasteiger partial charge is 0.490 e. The topological polar surface area (TPSA) is 67.4 Å². The molecule has 1 aliphatic heterocycles. The van der Waals surface area contributed by atoms with Gasteiger partial charge in [-0.2, -0.15) is 0 Å². The van der Waals surface area contributed by atoms with Crippen LogP contribution in [0.5, 0.6) is 5.75 Å². The number of rotatable bonds is 5. The zero-order valence-corrected chi connectivity index (χ0v) is 15.4. The monoisotopic (exact) mass is 352 g/mol. The summed E-state index contributed by atoms with van der Waals surface area (Å²) in [6, 6.07) is 11.7. The summed E-state index contributed by atoms with van der Waals surface area (Å²) in [6.45, 7) is 6.38. The lowest BCUT2D eigenvalue weighted by Crippen LogP contribution is -2.27. The molecule has 5 heteroatoms. The van der Waals surface area contributed by atoms with Crippen LogP contribution in [0.3, 0.4) is 0 Å². The van der Waals surface area contributed by atoms with E-state index >= 15 is 0 Å². The fourth-order valence-corrected chi connectivity index (χ4v) is 3.25. The van der Waals surface area contributed by atoms with E-state index in [-0.39, 0.29) is 24.3 Å². The molecule has 1 heterocycles. The maximum Gasteiger partial charge on any atom is 0.233 e. The Labute approximate surface area is 153 Å². The average molecular weight is 352 g/mol. The van der Waals surface area contributed by atoms with Crippen LogP contribution >= 0.6 is 0 Å². The maximum atomic E-state index is 12.1. The lowest BCUT2D eigenvalue weighted by Gasteiger charge is -2.09. The minimum Gasteiger partial charge on any atom is -0.490 e. The number of hydrogen-bond donors (Lipinski definition) is 2. The number of anilines is 1. The number of aryl methyl sites for hydroxylation is 2. The Morgan fingerprint density at radius 2 is 1.81 bits per heavy atom. The summed E-state index contributed by atoms with van der Waals surface area (Å²) in [5.41, 5.74) is 5.02. The Balaban J connectivity index is 1.49. The van der Waals surface area contributed by atoms with E-state index in [1.165, 1.54) is 0 Å². The number of nitrogens with one attached hydrogen (secondary N) is 2. The first-order chi connectivity index (χ1) is 12.4. The highest BCUT2D eigenvalue weighted by molar-refractivity contribution is 6.03. The fourth-order valence-electron chi connectivity index (χ4n) is 3.25. The number of carbonyl (C=O) groups excluding carboxylic acids is 2. The van der Waals surface area contributed by atoms with E-state index in [1.54, 1.807) is 0 Å². The number of hydrogen-bond acceptors (Lipinski definition) is 3. The van der Waals surface area contributed by atoms with Gasteiger partial charge in [0.05, 0.1) is 0 Å². The molecule has 0 fully saturated rings. The van der Waals surface area contributed by atoms with Crippen molar-refractivity contribution in [3.8, 4) is 5.75 Å². The molecule has 0 bridgehead atoms. The molecule has 0 radical (unpaired) electrons. The Morgan fingerprint density at radius 1 is 1.08 bits per heavy atom. The highest BCUT2D eigenvalue weighted by Gasteiger charge is 2.19. The van der Waals surface area contributed by atoms with Gasteiger partial charge in [-0.1, -0.05) is 18.2 Å². The van der Waals surface area contributed by atoms with E-state index < -0.39 is 0 Å². The van der Waals surface area contributed by atoms with E-state index in [1.807, 2.05) is 51.1 Å². The van der Waals surface area contributed by atoms with Crippen LogP contribution in [0.25, 0.3) is 0 Å². The molecule has 0 spiro atoms. The van der Waals surface area contributed by atoms with Gasteiger partial charge in [-0.15, -0.1) is 0 Å². The maximum absolute atomic E-state index is 12.1. The van der Waals surface area contributed by atoms with E-state index in [9.17, 15) is 9.59 Å². The van der Waals surface area contributed by atoms with Gasteiger partial charge in [0.15, 0.2) is 0 Å². The van der Waals surface area contributed by atoms with E-state index in [0.29, 0.717) is 12.2 Å². The molecule has 2 amide bonds. The van der Waals surface area contributed by atoms with E-state index in [2.05, 4.69) is 16.7 Å². The number of carbonyl (C=O) groups is 2. The first kappa shape index (κ1) is 18.0. The zero-order chi connectivity index (χ0) is 18.7. The molecule has 0 unspecified atom stereocenters. The molecule has 3 rings (SSSR count). The van der Waals surface area contributed by atoms with Crippen molar-refractivity contribution in [2.24, 2.45) is 0 Å². The van der Waals surface area contributed by atoms with Crippen molar-refractivity contribution in [2.75, 3.05) is 5.32 Å². The van der Waals surface area contributed by atoms with Crippen LogP contribution in [-0.2, 0) is 22.6 Å². The highest BCUT2D eigenvalue weighted by atomic mass is 16.5. The molecule has 2 N–H and O–H groups in total. The smallest absolute Gasteiger partial charge is 0.233 e. The van der Waals surface area contributed by atoms with Crippen molar-refractivity contribution < 1.29 is 14.3 Å². The molecule has 0 saturated heterocycles. The number of benzene rings is 2.